The van der Waals surface area contributed by atoms with E-state index in [4.69, 9.17) is 18.9 Å². The quantitative estimate of drug-likeness (QED) is 0.141. The molecule has 296 valence electrons. The molecule has 8 nitrogen and oxygen atoms in total. The molecule has 0 heterocycles. The van der Waals surface area contributed by atoms with E-state index in [1.165, 1.54) is 22.3 Å². The van der Waals surface area contributed by atoms with Crippen LogP contribution in [0.2, 0.25) is 0 Å². The van der Waals surface area contributed by atoms with Gasteiger partial charge in [-0.2, -0.15) is 10.5 Å². The van der Waals surface area contributed by atoms with E-state index in [9.17, 15) is 20.7 Å². The van der Waals surface area contributed by atoms with Gasteiger partial charge < -0.3 is 29.2 Å². The molecule has 8 heteroatoms. The average molecular weight is 783 g/mol. The molecule has 6 aromatic carbocycles. The molecule has 0 saturated carbocycles. The summed E-state index contributed by atoms with van der Waals surface area (Å²) in [5, 5.41) is 40.5. The molecule has 0 aromatic heterocycles. The summed E-state index contributed by atoms with van der Waals surface area (Å²) in [6, 6.07) is 42.0. The molecule has 2 atom stereocenters. The van der Waals surface area contributed by atoms with Crippen molar-refractivity contribution in [3.63, 3.8) is 0 Å². The molecule has 6 aromatic rings. The largest absolute Gasteiger partial charge is 0.456 e. The van der Waals surface area contributed by atoms with Crippen LogP contribution in [0.5, 0.6) is 46.0 Å². The molecule has 0 aliphatic heterocycles. The third kappa shape index (κ3) is 7.27. The Morgan fingerprint density at radius 1 is 0.475 bits per heavy atom. The van der Waals surface area contributed by atoms with Crippen LogP contribution in [0, 0.1) is 22.7 Å². The van der Waals surface area contributed by atoms with E-state index in [0.717, 1.165) is 24.0 Å². The Kier molecular flexibility index (Phi) is 9.97. The van der Waals surface area contributed by atoms with E-state index >= 15 is 0 Å². The van der Waals surface area contributed by atoms with Crippen molar-refractivity contribution in [2.45, 2.75) is 82.8 Å². The molecule has 2 aliphatic rings. The SMILES string of the molecule is CC(O)c1ccc(Oc2cccc(Oc3ccc4c(c3)C3(CC4(C)C)CC(C)(C)c4ccc(Oc5cccc(Oc6ccc(C(C)O)cc6)c5C#N)cc43)c2C#N)cc1. The molecule has 8 rings (SSSR count). The topological polar surface area (TPSA) is 125 Å². The van der Waals surface area contributed by atoms with Gasteiger partial charge in [0.15, 0.2) is 0 Å². The third-order valence-corrected chi connectivity index (χ3v) is 11.8. The van der Waals surface area contributed by atoms with Crippen molar-refractivity contribution < 1.29 is 29.2 Å². The number of benzene rings is 6. The predicted octanol–water partition coefficient (Wildman–Crippen LogP) is 12.4. The van der Waals surface area contributed by atoms with Gasteiger partial charge in [-0.15, -0.1) is 0 Å². The second-order valence-electron chi connectivity index (χ2n) is 17.0. The number of ether oxygens (including phenoxy) is 4. The summed E-state index contributed by atoms with van der Waals surface area (Å²) in [6.07, 6.45) is 0.558. The van der Waals surface area contributed by atoms with Crippen LogP contribution in [-0.2, 0) is 16.2 Å². The summed E-state index contributed by atoms with van der Waals surface area (Å²) in [5.41, 5.74) is 6.29. The fraction of sp³-hybridized carbons (Fsp3) is 0.255. The van der Waals surface area contributed by atoms with Gasteiger partial charge in [-0.3, -0.25) is 0 Å². The smallest absolute Gasteiger partial charge is 0.149 e. The standard InChI is InChI=1S/C51H46N2O6/c1-31(54)33-13-17-35(18-14-33)56-45-9-7-11-47(39(45)27-52)58-37-21-23-41-43(25-37)51(29-49(41,3)4)30-50(5,6)42-24-22-38(26-44(42)51)59-48-12-8-10-46(40(48)28-53)57-36-19-15-34(16-20-36)32(2)55/h7-26,31-32,54-55H,29-30H2,1-6H3. The van der Waals surface area contributed by atoms with Gasteiger partial charge in [0.2, 0.25) is 0 Å². The zero-order chi connectivity index (χ0) is 41.7. The van der Waals surface area contributed by atoms with Gasteiger partial charge in [-0.1, -0.05) is 76.2 Å². The van der Waals surface area contributed by atoms with E-state index in [1.807, 2.05) is 12.1 Å². The summed E-state index contributed by atoms with van der Waals surface area (Å²) < 4.78 is 25.4. The van der Waals surface area contributed by atoms with Crippen molar-refractivity contribution in [1.82, 2.24) is 0 Å². The molecular formula is C51H46N2O6. The zero-order valence-corrected chi connectivity index (χ0v) is 34.0. The van der Waals surface area contributed by atoms with E-state index in [1.54, 1.807) is 98.8 Å². The van der Waals surface area contributed by atoms with Gasteiger partial charge in [0.05, 0.1) is 12.2 Å². The Balaban J connectivity index is 1.12. The van der Waals surface area contributed by atoms with Crippen LogP contribution in [0.15, 0.2) is 121 Å². The Labute approximate surface area is 345 Å². The molecule has 1 spiro atoms. The lowest BCUT2D eigenvalue weighted by molar-refractivity contribution is 0.199. The van der Waals surface area contributed by atoms with Gasteiger partial charge >= 0.3 is 0 Å². The number of fused-ring (bicyclic) bond motifs is 4. The first-order valence-electron chi connectivity index (χ1n) is 19.8. The van der Waals surface area contributed by atoms with Crippen LogP contribution >= 0.6 is 0 Å². The van der Waals surface area contributed by atoms with Gasteiger partial charge in [0.25, 0.3) is 0 Å². The molecule has 2 N–H and O–H groups in total. The second-order valence-corrected chi connectivity index (χ2v) is 17.0. The number of rotatable bonds is 10. The number of aliphatic hydroxyl groups is 2. The van der Waals surface area contributed by atoms with Gasteiger partial charge in [0, 0.05) is 5.41 Å². The van der Waals surface area contributed by atoms with Gasteiger partial charge in [0.1, 0.15) is 69.3 Å². The Hall–Kier alpha value is -6.58. The van der Waals surface area contributed by atoms with Crippen molar-refractivity contribution in [3.8, 4) is 58.1 Å². The minimum absolute atomic E-state index is 0.148. The van der Waals surface area contributed by atoms with Crippen LogP contribution in [0.1, 0.15) is 111 Å². The van der Waals surface area contributed by atoms with Crippen molar-refractivity contribution in [2.24, 2.45) is 0 Å². The molecule has 59 heavy (non-hydrogen) atoms. The normalized spacial score (nSPS) is 17.9. The second kappa shape index (κ2) is 15.0. The van der Waals surface area contributed by atoms with E-state index in [2.05, 4.69) is 64.1 Å². The maximum atomic E-state index is 10.3. The Morgan fingerprint density at radius 3 is 1.12 bits per heavy atom. The third-order valence-electron chi connectivity index (χ3n) is 11.8. The van der Waals surface area contributed by atoms with Crippen molar-refractivity contribution in [1.29, 1.82) is 10.5 Å². The maximum absolute atomic E-state index is 10.3. The molecule has 2 unspecified atom stereocenters. The van der Waals surface area contributed by atoms with Crippen molar-refractivity contribution in [3.05, 3.63) is 166 Å². The molecule has 0 saturated heterocycles. The van der Waals surface area contributed by atoms with Crippen molar-refractivity contribution in [2.75, 3.05) is 0 Å². The van der Waals surface area contributed by atoms with Crippen LogP contribution in [-0.4, -0.2) is 10.2 Å². The number of nitrogens with zero attached hydrogens (tertiary/aromatic N) is 2. The highest BCUT2D eigenvalue weighted by Crippen LogP contribution is 2.63. The van der Waals surface area contributed by atoms with E-state index in [0.29, 0.717) is 46.0 Å². The minimum atomic E-state index is -0.596. The first-order chi connectivity index (χ1) is 28.2. The summed E-state index contributed by atoms with van der Waals surface area (Å²) in [5.74, 6) is 3.83. The number of hydrogen-bond donors (Lipinski definition) is 2. The molecule has 0 amide bonds. The lowest BCUT2D eigenvalue weighted by Crippen LogP contribution is -2.27. The Bertz CT molecular complexity index is 2460. The number of aliphatic hydroxyl groups excluding tert-OH is 2. The summed E-state index contributed by atoms with van der Waals surface area (Å²) in [6.45, 7) is 12.6. The number of nitriles is 2. The van der Waals surface area contributed by atoms with Gasteiger partial charge in [-0.05, 0) is 144 Å². The molecular weight excluding hydrogens is 737 g/mol. The van der Waals surface area contributed by atoms with Crippen LogP contribution in [0.25, 0.3) is 0 Å². The maximum Gasteiger partial charge on any atom is 0.149 e. The van der Waals surface area contributed by atoms with E-state index in [-0.39, 0.29) is 27.4 Å². The molecule has 2 aliphatic carbocycles. The van der Waals surface area contributed by atoms with E-state index < -0.39 is 12.2 Å². The zero-order valence-electron chi connectivity index (χ0n) is 34.0. The van der Waals surface area contributed by atoms with Crippen LogP contribution in [0.4, 0.5) is 0 Å². The molecule has 0 bridgehead atoms. The first kappa shape index (κ1) is 39.3. The van der Waals surface area contributed by atoms with Gasteiger partial charge in [-0.25, -0.2) is 0 Å². The van der Waals surface area contributed by atoms with Crippen molar-refractivity contribution >= 4 is 0 Å². The Morgan fingerprint density at radius 2 is 0.797 bits per heavy atom. The highest BCUT2D eigenvalue weighted by Gasteiger charge is 2.56. The average Bonchev–Trinajstić information content (AvgIpc) is 3.57. The van der Waals surface area contributed by atoms with Crippen LogP contribution in [0.3, 0.4) is 0 Å². The van der Waals surface area contributed by atoms with Crippen LogP contribution < -0.4 is 18.9 Å². The summed E-state index contributed by atoms with van der Waals surface area (Å²) in [4.78, 5) is 0. The fourth-order valence-corrected chi connectivity index (χ4v) is 9.15. The summed E-state index contributed by atoms with van der Waals surface area (Å²) in [7, 11) is 0. The molecule has 0 radical (unpaired) electrons. The first-order valence-corrected chi connectivity index (χ1v) is 19.8. The highest BCUT2D eigenvalue weighted by molar-refractivity contribution is 5.64. The number of hydrogen-bond acceptors (Lipinski definition) is 8. The predicted molar refractivity (Wildman–Crippen MR) is 226 cm³/mol. The highest BCUT2D eigenvalue weighted by atomic mass is 16.5. The molecule has 0 fully saturated rings. The fourth-order valence-electron chi connectivity index (χ4n) is 9.15. The lowest BCUT2D eigenvalue weighted by atomic mass is 9.72. The lowest BCUT2D eigenvalue weighted by Gasteiger charge is -2.30. The summed E-state index contributed by atoms with van der Waals surface area (Å²) >= 11 is 0. The minimum Gasteiger partial charge on any atom is -0.456 e. The monoisotopic (exact) mass is 782 g/mol.